The number of fused-ring (bicyclic) bond motifs is 1. The minimum absolute atomic E-state index is 0.169. The third-order valence-corrected chi connectivity index (χ3v) is 4.55. The highest BCUT2D eigenvalue weighted by Crippen LogP contribution is 2.23. The van der Waals surface area contributed by atoms with Crippen molar-refractivity contribution in [2.45, 2.75) is 13.0 Å². The highest BCUT2D eigenvalue weighted by Gasteiger charge is 2.06. The van der Waals surface area contributed by atoms with Crippen molar-refractivity contribution >= 4 is 46.3 Å². The molecule has 7 heteroatoms. The summed E-state index contributed by atoms with van der Waals surface area (Å²) in [4.78, 5) is 26.5. The zero-order valence-corrected chi connectivity index (χ0v) is 15.3. The van der Waals surface area contributed by atoms with Gasteiger partial charge in [0.2, 0.25) is 0 Å². The van der Waals surface area contributed by atoms with Gasteiger partial charge in [0.15, 0.2) is 0 Å². The van der Waals surface area contributed by atoms with E-state index < -0.39 is 5.97 Å². The molecule has 0 aliphatic heterocycles. The molecule has 26 heavy (non-hydrogen) atoms. The lowest BCUT2D eigenvalue weighted by Crippen LogP contribution is -2.18. The van der Waals surface area contributed by atoms with Crippen LogP contribution in [0.15, 0.2) is 53.3 Å². The van der Waals surface area contributed by atoms with Gasteiger partial charge >= 0.3 is 11.7 Å². The van der Waals surface area contributed by atoms with Gasteiger partial charge in [0.1, 0.15) is 0 Å². The van der Waals surface area contributed by atoms with Crippen LogP contribution in [0.4, 0.5) is 0 Å². The summed E-state index contributed by atoms with van der Waals surface area (Å²) in [6.07, 6.45) is 3.47. The molecule has 0 spiro atoms. The maximum absolute atomic E-state index is 11.9. The summed E-state index contributed by atoms with van der Waals surface area (Å²) < 4.78 is 6.79. The smallest absolute Gasteiger partial charge is 0.330 e. The molecule has 2 aromatic carbocycles. The Kier molecular flexibility index (Phi) is 5.81. The quantitative estimate of drug-likeness (QED) is 0.388. The van der Waals surface area contributed by atoms with E-state index in [0.717, 1.165) is 16.6 Å². The highest BCUT2D eigenvalue weighted by molar-refractivity contribution is 6.42. The molecule has 1 heterocycles. The second-order valence-corrected chi connectivity index (χ2v) is 6.44. The number of imidazole rings is 1. The van der Waals surface area contributed by atoms with Crippen molar-refractivity contribution < 1.29 is 9.53 Å². The van der Waals surface area contributed by atoms with E-state index in [2.05, 4.69) is 4.98 Å². The van der Waals surface area contributed by atoms with Gasteiger partial charge in [-0.15, -0.1) is 0 Å². The van der Waals surface area contributed by atoms with Crippen LogP contribution < -0.4 is 5.69 Å². The fourth-order valence-electron chi connectivity index (χ4n) is 2.55. The molecular weight excluding hydrogens is 375 g/mol. The minimum atomic E-state index is -0.456. The second kappa shape index (κ2) is 8.25. The average Bonchev–Trinajstić information content (AvgIpc) is 2.95. The van der Waals surface area contributed by atoms with E-state index in [1.165, 1.54) is 6.08 Å². The third kappa shape index (κ3) is 4.36. The molecule has 1 aromatic heterocycles. The fourth-order valence-corrected chi connectivity index (χ4v) is 2.86. The van der Waals surface area contributed by atoms with E-state index in [4.69, 9.17) is 27.9 Å². The number of esters is 1. The molecule has 0 aliphatic rings. The van der Waals surface area contributed by atoms with E-state index in [-0.39, 0.29) is 12.3 Å². The van der Waals surface area contributed by atoms with Gasteiger partial charge in [0, 0.05) is 12.6 Å². The minimum Gasteiger partial charge on any atom is -0.462 e. The summed E-state index contributed by atoms with van der Waals surface area (Å²) in [6.45, 7) is 0.684. The van der Waals surface area contributed by atoms with Crippen molar-refractivity contribution in [2.75, 3.05) is 6.61 Å². The van der Waals surface area contributed by atoms with Crippen molar-refractivity contribution in [1.29, 1.82) is 0 Å². The van der Waals surface area contributed by atoms with Crippen molar-refractivity contribution in [1.82, 2.24) is 9.55 Å². The van der Waals surface area contributed by atoms with Crippen LogP contribution in [-0.2, 0) is 16.1 Å². The first-order valence-electron chi connectivity index (χ1n) is 8.02. The molecule has 0 amide bonds. The van der Waals surface area contributed by atoms with Gasteiger partial charge in [-0.2, -0.15) is 0 Å². The number of nitrogens with zero attached hydrogens (tertiary/aromatic N) is 1. The summed E-state index contributed by atoms with van der Waals surface area (Å²) in [6, 6.07) is 12.5. The number of ether oxygens (including phenoxy) is 1. The third-order valence-electron chi connectivity index (χ3n) is 3.81. The maximum atomic E-state index is 11.9. The highest BCUT2D eigenvalue weighted by atomic mass is 35.5. The van der Waals surface area contributed by atoms with Crippen LogP contribution >= 0.6 is 23.2 Å². The van der Waals surface area contributed by atoms with E-state index in [0.29, 0.717) is 23.0 Å². The molecule has 0 atom stereocenters. The molecule has 0 aliphatic carbocycles. The van der Waals surface area contributed by atoms with Crippen molar-refractivity contribution in [2.24, 2.45) is 0 Å². The molecule has 0 saturated heterocycles. The lowest BCUT2D eigenvalue weighted by molar-refractivity contribution is -0.137. The Balaban J connectivity index is 1.50. The predicted octanol–water partition coefficient (Wildman–Crippen LogP) is 4.28. The summed E-state index contributed by atoms with van der Waals surface area (Å²) in [7, 11) is 0. The van der Waals surface area contributed by atoms with E-state index in [9.17, 15) is 9.59 Å². The first-order valence-corrected chi connectivity index (χ1v) is 8.77. The van der Waals surface area contributed by atoms with Crippen LogP contribution in [0.5, 0.6) is 0 Å². The number of para-hydroxylation sites is 2. The summed E-state index contributed by atoms with van der Waals surface area (Å²) >= 11 is 11.8. The predicted molar refractivity (Wildman–Crippen MR) is 104 cm³/mol. The number of carbonyl (C=O) groups excluding carboxylic acids is 1. The lowest BCUT2D eigenvalue weighted by atomic mass is 10.2. The maximum Gasteiger partial charge on any atom is 0.330 e. The number of aromatic nitrogens is 2. The van der Waals surface area contributed by atoms with Crippen LogP contribution in [0, 0.1) is 0 Å². The monoisotopic (exact) mass is 390 g/mol. The van der Waals surface area contributed by atoms with Gasteiger partial charge in [-0.25, -0.2) is 9.59 Å². The molecule has 1 N–H and O–H groups in total. The molecule has 0 radical (unpaired) electrons. The molecular formula is C19H16Cl2N2O3. The number of hydrogen-bond donors (Lipinski definition) is 1. The average molecular weight is 391 g/mol. The van der Waals surface area contributed by atoms with Crippen LogP contribution in [0.3, 0.4) is 0 Å². The van der Waals surface area contributed by atoms with Gasteiger partial charge in [0.25, 0.3) is 0 Å². The summed E-state index contributed by atoms with van der Waals surface area (Å²) in [5, 5.41) is 0.880. The number of halogens is 2. The normalized spacial score (nSPS) is 11.3. The first kappa shape index (κ1) is 18.3. The van der Waals surface area contributed by atoms with E-state index in [1.807, 2.05) is 24.3 Å². The number of nitrogens with one attached hydrogen (secondary N) is 1. The number of aryl methyl sites for hydroxylation is 1. The van der Waals surface area contributed by atoms with Crippen molar-refractivity contribution in [3.63, 3.8) is 0 Å². The van der Waals surface area contributed by atoms with Crippen LogP contribution in [0.1, 0.15) is 12.0 Å². The topological polar surface area (TPSA) is 64.1 Å². The largest absolute Gasteiger partial charge is 0.462 e. The molecule has 0 fully saturated rings. The SMILES string of the molecule is O=C(/C=C/c1ccc(Cl)c(Cl)c1)OCCCn1c(=O)[nH]c2ccccc21. The Hall–Kier alpha value is -2.50. The van der Waals surface area contributed by atoms with Crippen molar-refractivity contribution in [3.8, 4) is 0 Å². The molecule has 0 saturated carbocycles. The zero-order chi connectivity index (χ0) is 18.5. The fraction of sp³-hybridized carbons (Fsp3) is 0.158. The molecule has 0 unspecified atom stereocenters. The number of aromatic amines is 1. The van der Waals surface area contributed by atoms with Gasteiger partial charge in [-0.05, 0) is 42.3 Å². The van der Waals surface area contributed by atoms with Gasteiger partial charge in [-0.3, -0.25) is 4.57 Å². The number of hydrogen-bond acceptors (Lipinski definition) is 3. The standard InChI is InChI=1S/C19H16Cl2N2O3/c20-14-8-6-13(12-15(14)21)7-9-18(24)26-11-3-10-23-17-5-2-1-4-16(17)22-19(23)25/h1-2,4-9,12H,3,10-11H2,(H,22,25)/b9-7+. The summed E-state index contributed by atoms with van der Waals surface area (Å²) in [5.74, 6) is -0.456. The Morgan fingerprint density at radius 1 is 1.15 bits per heavy atom. The van der Waals surface area contributed by atoms with Gasteiger partial charge < -0.3 is 9.72 Å². The molecule has 3 rings (SSSR count). The van der Waals surface area contributed by atoms with E-state index in [1.54, 1.807) is 28.8 Å². The molecule has 3 aromatic rings. The van der Waals surface area contributed by atoms with Crippen LogP contribution in [-0.4, -0.2) is 22.1 Å². The number of rotatable bonds is 6. The van der Waals surface area contributed by atoms with Crippen LogP contribution in [0.25, 0.3) is 17.1 Å². The van der Waals surface area contributed by atoms with Crippen molar-refractivity contribution in [3.05, 3.63) is 74.6 Å². The molecule has 5 nitrogen and oxygen atoms in total. The Morgan fingerprint density at radius 3 is 2.77 bits per heavy atom. The van der Waals surface area contributed by atoms with E-state index >= 15 is 0 Å². The number of H-pyrrole nitrogens is 1. The number of benzene rings is 2. The Morgan fingerprint density at radius 2 is 1.96 bits per heavy atom. The Labute approximate surface area is 159 Å². The first-order chi connectivity index (χ1) is 12.5. The summed E-state index contributed by atoms with van der Waals surface area (Å²) in [5.41, 5.74) is 2.21. The van der Waals surface area contributed by atoms with Crippen LogP contribution in [0.2, 0.25) is 10.0 Å². The molecule has 0 bridgehead atoms. The van der Waals surface area contributed by atoms with Gasteiger partial charge in [0.05, 0.1) is 27.7 Å². The number of carbonyl (C=O) groups is 1. The second-order valence-electron chi connectivity index (χ2n) is 5.63. The molecule has 134 valence electrons. The van der Waals surface area contributed by atoms with Gasteiger partial charge in [-0.1, -0.05) is 41.4 Å². The zero-order valence-electron chi connectivity index (χ0n) is 13.7. The Bertz CT molecular complexity index is 1020. The lowest BCUT2D eigenvalue weighted by Gasteiger charge is -2.04.